The molecule has 2 rings (SSSR count). The fraction of sp³-hybridized carbons (Fsp3) is 0.538. The fourth-order valence-corrected chi connectivity index (χ4v) is 3.94. The standard InChI is InChI=1S/C13H19ClN2O2S/c1-10-4-5-13(12(14)7-10)19(17,18)16-9-11-3-2-6-15-8-11/h4-5,7,11,15-16H,2-3,6,8-9H2,1H3/t11-/m1/s1. The molecule has 0 aliphatic carbocycles. The van der Waals surface area contributed by atoms with Gasteiger partial charge in [-0.3, -0.25) is 0 Å². The Morgan fingerprint density at radius 3 is 2.89 bits per heavy atom. The van der Waals surface area contributed by atoms with Crippen LogP contribution in [0, 0.1) is 12.8 Å². The summed E-state index contributed by atoms with van der Waals surface area (Å²) in [6, 6.07) is 4.97. The Bertz CT molecular complexity index is 540. The van der Waals surface area contributed by atoms with Gasteiger partial charge in [0.25, 0.3) is 0 Å². The van der Waals surface area contributed by atoms with Gasteiger partial charge in [0.05, 0.1) is 5.02 Å². The first-order valence-corrected chi connectivity index (χ1v) is 8.32. The SMILES string of the molecule is Cc1ccc(S(=O)(=O)NC[C@@H]2CCCNC2)c(Cl)c1. The van der Waals surface area contributed by atoms with Crippen molar-refractivity contribution < 1.29 is 8.42 Å². The van der Waals surface area contributed by atoms with Crippen LogP contribution >= 0.6 is 11.6 Å². The van der Waals surface area contributed by atoms with E-state index in [4.69, 9.17) is 11.6 Å². The van der Waals surface area contributed by atoms with Gasteiger partial charge in [0.2, 0.25) is 10.0 Å². The van der Waals surface area contributed by atoms with Crippen LogP contribution in [0.4, 0.5) is 0 Å². The van der Waals surface area contributed by atoms with Crippen molar-refractivity contribution in [3.63, 3.8) is 0 Å². The van der Waals surface area contributed by atoms with Crippen molar-refractivity contribution in [1.29, 1.82) is 0 Å². The number of aryl methyl sites for hydroxylation is 1. The molecule has 1 aromatic rings. The number of nitrogens with one attached hydrogen (secondary N) is 2. The second kappa shape index (κ2) is 6.22. The molecule has 106 valence electrons. The van der Waals surface area contributed by atoms with Crippen molar-refractivity contribution in [1.82, 2.24) is 10.0 Å². The topological polar surface area (TPSA) is 58.2 Å². The maximum atomic E-state index is 12.2. The minimum atomic E-state index is -3.52. The Kier molecular flexibility index (Phi) is 4.84. The maximum absolute atomic E-state index is 12.2. The number of sulfonamides is 1. The van der Waals surface area contributed by atoms with E-state index in [-0.39, 0.29) is 9.92 Å². The molecule has 1 aromatic carbocycles. The molecule has 19 heavy (non-hydrogen) atoms. The zero-order chi connectivity index (χ0) is 13.9. The van der Waals surface area contributed by atoms with Gasteiger partial charge in [-0.05, 0) is 56.5 Å². The van der Waals surface area contributed by atoms with E-state index in [1.165, 1.54) is 0 Å². The van der Waals surface area contributed by atoms with Gasteiger partial charge >= 0.3 is 0 Å². The Morgan fingerprint density at radius 1 is 1.47 bits per heavy atom. The van der Waals surface area contributed by atoms with Gasteiger partial charge < -0.3 is 5.32 Å². The van der Waals surface area contributed by atoms with Gasteiger partial charge in [-0.25, -0.2) is 13.1 Å². The average Bonchev–Trinajstić information content (AvgIpc) is 2.37. The lowest BCUT2D eigenvalue weighted by Crippen LogP contribution is -2.38. The molecule has 1 aliphatic heterocycles. The smallest absolute Gasteiger partial charge is 0.242 e. The molecule has 0 aromatic heterocycles. The molecule has 1 heterocycles. The van der Waals surface area contributed by atoms with Crippen molar-refractivity contribution in [2.45, 2.75) is 24.7 Å². The average molecular weight is 303 g/mol. The van der Waals surface area contributed by atoms with E-state index in [9.17, 15) is 8.42 Å². The second-order valence-corrected chi connectivity index (χ2v) is 7.14. The number of halogens is 1. The van der Waals surface area contributed by atoms with Crippen LogP contribution in [0.15, 0.2) is 23.1 Å². The highest BCUT2D eigenvalue weighted by molar-refractivity contribution is 7.89. The van der Waals surface area contributed by atoms with Gasteiger partial charge in [0.1, 0.15) is 4.90 Å². The van der Waals surface area contributed by atoms with E-state index >= 15 is 0 Å². The van der Waals surface area contributed by atoms with Crippen LogP contribution in [0.25, 0.3) is 0 Å². The maximum Gasteiger partial charge on any atom is 0.242 e. The van der Waals surface area contributed by atoms with E-state index < -0.39 is 10.0 Å². The third-order valence-electron chi connectivity index (χ3n) is 3.34. The van der Waals surface area contributed by atoms with E-state index in [1.54, 1.807) is 18.2 Å². The van der Waals surface area contributed by atoms with Gasteiger partial charge in [-0.2, -0.15) is 0 Å². The number of rotatable bonds is 4. The van der Waals surface area contributed by atoms with E-state index in [0.717, 1.165) is 31.5 Å². The molecule has 0 unspecified atom stereocenters. The molecule has 2 N–H and O–H groups in total. The highest BCUT2D eigenvalue weighted by Gasteiger charge is 2.20. The predicted molar refractivity (Wildman–Crippen MR) is 77.0 cm³/mol. The summed E-state index contributed by atoms with van der Waals surface area (Å²) in [4.78, 5) is 0.156. The Labute approximate surface area is 119 Å². The first-order valence-electron chi connectivity index (χ1n) is 6.45. The second-order valence-electron chi connectivity index (χ2n) is 5.00. The Balaban J connectivity index is 2.05. The number of benzene rings is 1. The van der Waals surface area contributed by atoms with Crippen LogP contribution < -0.4 is 10.0 Å². The normalized spacial score (nSPS) is 20.4. The first kappa shape index (κ1) is 14.8. The molecule has 0 radical (unpaired) electrons. The van der Waals surface area contributed by atoms with Crippen molar-refractivity contribution >= 4 is 21.6 Å². The van der Waals surface area contributed by atoms with Crippen LogP contribution in [0.5, 0.6) is 0 Å². The summed E-state index contributed by atoms with van der Waals surface area (Å²) in [5.74, 6) is 0.354. The number of piperidine rings is 1. The highest BCUT2D eigenvalue weighted by atomic mass is 35.5. The monoisotopic (exact) mass is 302 g/mol. The third kappa shape index (κ3) is 3.92. The predicted octanol–water partition coefficient (Wildman–Crippen LogP) is 1.93. The summed E-state index contributed by atoms with van der Waals surface area (Å²) in [6.07, 6.45) is 2.15. The highest BCUT2D eigenvalue weighted by Crippen LogP contribution is 2.22. The van der Waals surface area contributed by atoms with E-state index in [2.05, 4.69) is 10.0 Å². The molecular formula is C13H19ClN2O2S. The van der Waals surface area contributed by atoms with Crippen LogP contribution in [0.2, 0.25) is 5.02 Å². The molecule has 0 amide bonds. The van der Waals surface area contributed by atoms with Crippen LogP contribution in [0.1, 0.15) is 18.4 Å². The van der Waals surface area contributed by atoms with Gasteiger partial charge in [0.15, 0.2) is 0 Å². The van der Waals surface area contributed by atoms with Crippen molar-refractivity contribution in [3.8, 4) is 0 Å². The molecule has 1 aliphatic rings. The summed E-state index contributed by atoms with van der Waals surface area (Å²) in [6.45, 7) is 4.22. The molecule has 0 bridgehead atoms. The van der Waals surface area contributed by atoms with Crippen LogP contribution in [-0.4, -0.2) is 28.1 Å². The van der Waals surface area contributed by atoms with Gasteiger partial charge in [0, 0.05) is 6.54 Å². The molecular weight excluding hydrogens is 284 g/mol. The largest absolute Gasteiger partial charge is 0.316 e. The summed E-state index contributed by atoms with van der Waals surface area (Å²) in [5, 5.41) is 3.54. The zero-order valence-corrected chi connectivity index (χ0v) is 12.5. The summed E-state index contributed by atoms with van der Waals surface area (Å²) in [5.41, 5.74) is 0.945. The quantitative estimate of drug-likeness (QED) is 0.893. The van der Waals surface area contributed by atoms with Gasteiger partial charge in [-0.15, -0.1) is 0 Å². The lowest BCUT2D eigenvalue weighted by molar-refractivity contribution is 0.376. The molecule has 6 heteroatoms. The summed E-state index contributed by atoms with van der Waals surface area (Å²) in [7, 11) is -3.52. The Morgan fingerprint density at radius 2 is 2.26 bits per heavy atom. The lowest BCUT2D eigenvalue weighted by atomic mass is 10.0. The first-order chi connectivity index (χ1) is 8.99. The minimum absolute atomic E-state index is 0.156. The molecule has 0 spiro atoms. The van der Waals surface area contributed by atoms with Gasteiger partial charge in [-0.1, -0.05) is 17.7 Å². The Hall–Kier alpha value is -0.620. The molecule has 4 nitrogen and oxygen atoms in total. The molecule has 0 saturated carbocycles. The van der Waals surface area contributed by atoms with E-state index in [1.807, 2.05) is 6.92 Å². The fourth-order valence-electron chi connectivity index (χ4n) is 2.23. The van der Waals surface area contributed by atoms with Crippen LogP contribution in [0.3, 0.4) is 0 Å². The molecule has 1 atom stereocenters. The summed E-state index contributed by atoms with van der Waals surface area (Å²) < 4.78 is 27.0. The van der Waals surface area contributed by atoms with Crippen molar-refractivity contribution in [3.05, 3.63) is 28.8 Å². The van der Waals surface area contributed by atoms with Crippen LogP contribution in [-0.2, 0) is 10.0 Å². The molecule has 1 saturated heterocycles. The number of hydrogen-bond donors (Lipinski definition) is 2. The van der Waals surface area contributed by atoms with E-state index in [0.29, 0.717) is 12.5 Å². The zero-order valence-electron chi connectivity index (χ0n) is 10.9. The lowest BCUT2D eigenvalue weighted by Gasteiger charge is -2.22. The van der Waals surface area contributed by atoms with Crippen molar-refractivity contribution in [2.75, 3.05) is 19.6 Å². The van der Waals surface area contributed by atoms with Crippen molar-refractivity contribution in [2.24, 2.45) is 5.92 Å². The minimum Gasteiger partial charge on any atom is -0.316 e. The number of hydrogen-bond acceptors (Lipinski definition) is 3. The third-order valence-corrected chi connectivity index (χ3v) is 5.24. The molecule has 1 fully saturated rings. The summed E-state index contributed by atoms with van der Waals surface area (Å²) >= 11 is 6.00.